The van der Waals surface area contributed by atoms with E-state index in [1.807, 2.05) is 0 Å². The highest BCUT2D eigenvalue weighted by atomic mass is 35.5. The van der Waals surface area contributed by atoms with Crippen LogP contribution >= 0.6 is 11.6 Å². The van der Waals surface area contributed by atoms with Gasteiger partial charge in [-0.15, -0.1) is 0 Å². The fraction of sp³-hybridized carbons (Fsp3) is 0.350. The predicted octanol–water partition coefficient (Wildman–Crippen LogP) is 3.40. The highest BCUT2D eigenvalue weighted by Gasteiger charge is 2.33. The molecule has 1 N–H and O–H groups in total. The smallest absolute Gasteiger partial charge is 0.243 e. The number of methoxy groups -OCH3 is 2. The minimum atomic E-state index is -3.76. The minimum absolute atomic E-state index is 0.105. The molecule has 1 aliphatic heterocycles. The van der Waals surface area contributed by atoms with E-state index in [2.05, 4.69) is 5.32 Å². The fourth-order valence-electron chi connectivity index (χ4n) is 3.28. The number of amides is 1. The molecule has 3 rings (SSSR count). The molecule has 9 heteroatoms. The van der Waals surface area contributed by atoms with Crippen LogP contribution in [0.25, 0.3) is 0 Å². The van der Waals surface area contributed by atoms with Gasteiger partial charge in [-0.2, -0.15) is 4.31 Å². The molecule has 1 heterocycles. The molecular formula is C20H23ClN2O5S. The topological polar surface area (TPSA) is 84.9 Å². The molecule has 1 amide bonds. The van der Waals surface area contributed by atoms with Gasteiger partial charge in [0.05, 0.1) is 25.0 Å². The number of halogens is 1. The van der Waals surface area contributed by atoms with Crippen LogP contribution in [0.5, 0.6) is 11.5 Å². The van der Waals surface area contributed by atoms with E-state index in [1.54, 1.807) is 30.3 Å². The van der Waals surface area contributed by atoms with Crippen molar-refractivity contribution in [1.29, 1.82) is 0 Å². The molecule has 2 aromatic rings. The largest absolute Gasteiger partial charge is 0.493 e. The van der Waals surface area contributed by atoms with Gasteiger partial charge in [0.2, 0.25) is 15.9 Å². The zero-order valence-electron chi connectivity index (χ0n) is 16.2. The van der Waals surface area contributed by atoms with Crippen molar-refractivity contribution in [1.82, 2.24) is 4.31 Å². The molecule has 7 nitrogen and oxygen atoms in total. The summed E-state index contributed by atoms with van der Waals surface area (Å²) in [5.41, 5.74) is 0.624. The number of carbonyl (C=O) groups excluding carboxylic acids is 1. The molecule has 0 radical (unpaired) electrons. The van der Waals surface area contributed by atoms with Gasteiger partial charge in [-0.05, 0) is 49.2 Å². The third kappa shape index (κ3) is 4.83. The highest BCUT2D eigenvalue weighted by Crippen LogP contribution is 2.32. The maximum absolute atomic E-state index is 13.1. The molecular weight excluding hydrogens is 416 g/mol. The first kappa shape index (κ1) is 21.4. The molecule has 156 valence electrons. The molecule has 0 unspecified atom stereocenters. The third-order valence-electron chi connectivity index (χ3n) is 4.86. The van der Waals surface area contributed by atoms with Gasteiger partial charge in [0, 0.05) is 29.9 Å². The Kier molecular flexibility index (Phi) is 6.66. The van der Waals surface area contributed by atoms with Gasteiger partial charge in [0.25, 0.3) is 0 Å². The van der Waals surface area contributed by atoms with Crippen molar-refractivity contribution in [2.75, 3.05) is 32.6 Å². The van der Waals surface area contributed by atoms with Crippen molar-refractivity contribution >= 4 is 33.2 Å². The van der Waals surface area contributed by atoms with Crippen LogP contribution in [0.3, 0.4) is 0 Å². The van der Waals surface area contributed by atoms with Crippen LogP contribution in [0.15, 0.2) is 47.4 Å². The van der Waals surface area contributed by atoms with Crippen molar-refractivity contribution in [3.8, 4) is 11.5 Å². The molecule has 0 aliphatic carbocycles. The van der Waals surface area contributed by atoms with Crippen LogP contribution in [0.4, 0.5) is 5.69 Å². The zero-order valence-corrected chi connectivity index (χ0v) is 17.8. The van der Waals surface area contributed by atoms with Gasteiger partial charge in [0.1, 0.15) is 0 Å². The monoisotopic (exact) mass is 438 g/mol. The Bertz CT molecular complexity index is 979. The lowest BCUT2D eigenvalue weighted by Crippen LogP contribution is -2.43. The summed E-state index contributed by atoms with van der Waals surface area (Å²) in [6.07, 6.45) is 1.22. The Morgan fingerprint density at radius 2 is 1.79 bits per heavy atom. The number of piperidine rings is 1. The Morgan fingerprint density at radius 1 is 1.10 bits per heavy atom. The summed E-state index contributed by atoms with van der Waals surface area (Å²) < 4.78 is 37.9. The van der Waals surface area contributed by atoms with Crippen molar-refractivity contribution in [3.63, 3.8) is 0 Å². The van der Waals surface area contributed by atoms with E-state index in [9.17, 15) is 13.2 Å². The number of hydrogen-bond acceptors (Lipinski definition) is 5. The molecule has 29 heavy (non-hydrogen) atoms. The number of rotatable bonds is 6. The Balaban J connectivity index is 1.75. The Morgan fingerprint density at radius 3 is 2.45 bits per heavy atom. The summed E-state index contributed by atoms with van der Waals surface area (Å²) in [7, 11) is -0.827. The first-order valence-corrected chi connectivity index (χ1v) is 11.0. The van der Waals surface area contributed by atoms with E-state index >= 15 is 0 Å². The van der Waals surface area contributed by atoms with E-state index in [1.165, 1.54) is 30.7 Å². The average molecular weight is 439 g/mol. The number of anilines is 1. The highest BCUT2D eigenvalue weighted by molar-refractivity contribution is 7.89. The molecule has 0 saturated carbocycles. The second kappa shape index (κ2) is 9.02. The molecule has 1 fully saturated rings. The lowest BCUT2D eigenvalue weighted by molar-refractivity contribution is -0.120. The number of nitrogens with zero attached hydrogens (tertiary/aromatic N) is 1. The normalized spacial score (nSPS) is 17.6. The molecule has 2 aromatic carbocycles. The Hall–Kier alpha value is -2.29. The van der Waals surface area contributed by atoms with Crippen LogP contribution in [0.2, 0.25) is 5.02 Å². The zero-order chi connectivity index (χ0) is 21.0. The van der Waals surface area contributed by atoms with Crippen molar-refractivity contribution in [3.05, 3.63) is 47.5 Å². The molecule has 1 saturated heterocycles. The second-order valence-electron chi connectivity index (χ2n) is 6.72. The maximum atomic E-state index is 13.1. The SMILES string of the molecule is COc1ccc(S(=O)(=O)N2CCC[C@@H](C(=O)Nc3ccc(Cl)cc3)C2)cc1OC. The van der Waals surface area contributed by atoms with E-state index in [4.69, 9.17) is 21.1 Å². The third-order valence-corrected chi connectivity index (χ3v) is 6.97. The van der Waals surface area contributed by atoms with Crippen molar-refractivity contribution in [2.45, 2.75) is 17.7 Å². The molecule has 0 bridgehead atoms. The average Bonchev–Trinajstić information content (AvgIpc) is 2.74. The van der Waals surface area contributed by atoms with Crippen LogP contribution in [0.1, 0.15) is 12.8 Å². The molecule has 0 spiro atoms. The van der Waals surface area contributed by atoms with Gasteiger partial charge in [-0.25, -0.2) is 8.42 Å². The summed E-state index contributed by atoms with van der Waals surface area (Å²) in [4.78, 5) is 12.7. The molecule has 1 aliphatic rings. The number of sulfonamides is 1. The van der Waals surface area contributed by atoms with Gasteiger partial charge in [-0.1, -0.05) is 11.6 Å². The fourth-order valence-corrected chi connectivity index (χ4v) is 4.94. The van der Waals surface area contributed by atoms with Crippen LogP contribution < -0.4 is 14.8 Å². The number of ether oxygens (including phenoxy) is 2. The standard InChI is InChI=1S/C20H23ClN2O5S/c1-27-18-10-9-17(12-19(18)28-2)29(25,26)23-11-3-4-14(13-23)20(24)22-16-7-5-15(21)6-8-16/h5-10,12,14H,3-4,11,13H2,1-2H3,(H,22,24)/t14-/m1/s1. The first-order valence-electron chi connectivity index (χ1n) is 9.13. The second-order valence-corrected chi connectivity index (χ2v) is 9.09. The maximum Gasteiger partial charge on any atom is 0.243 e. The van der Waals surface area contributed by atoms with Gasteiger partial charge in [-0.3, -0.25) is 4.79 Å². The summed E-state index contributed by atoms with van der Waals surface area (Å²) >= 11 is 5.86. The molecule has 1 atom stereocenters. The summed E-state index contributed by atoms with van der Waals surface area (Å²) in [6.45, 7) is 0.484. The number of carbonyl (C=O) groups is 1. The number of benzene rings is 2. The van der Waals surface area contributed by atoms with Gasteiger partial charge < -0.3 is 14.8 Å². The summed E-state index contributed by atoms with van der Waals surface area (Å²) in [5.74, 6) is 0.141. The van der Waals surface area contributed by atoms with Crippen LogP contribution in [-0.4, -0.2) is 45.9 Å². The quantitative estimate of drug-likeness (QED) is 0.747. The minimum Gasteiger partial charge on any atom is -0.493 e. The summed E-state index contributed by atoms with van der Waals surface area (Å²) in [5, 5.41) is 3.41. The predicted molar refractivity (Wildman–Crippen MR) is 111 cm³/mol. The van der Waals surface area contributed by atoms with E-state index in [-0.39, 0.29) is 17.3 Å². The number of nitrogens with one attached hydrogen (secondary N) is 1. The number of hydrogen-bond donors (Lipinski definition) is 1. The van der Waals surface area contributed by atoms with Crippen LogP contribution in [-0.2, 0) is 14.8 Å². The van der Waals surface area contributed by atoms with E-state index < -0.39 is 15.9 Å². The first-order chi connectivity index (χ1) is 13.8. The van der Waals surface area contributed by atoms with Crippen molar-refractivity contribution < 1.29 is 22.7 Å². The van der Waals surface area contributed by atoms with Crippen molar-refractivity contribution in [2.24, 2.45) is 5.92 Å². The van der Waals surface area contributed by atoms with E-state index in [0.717, 1.165) is 0 Å². The van der Waals surface area contributed by atoms with Gasteiger partial charge in [0.15, 0.2) is 11.5 Å². The Labute approximate surface area is 175 Å². The van der Waals surface area contributed by atoms with Crippen LogP contribution in [0, 0.1) is 5.92 Å². The van der Waals surface area contributed by atoms with E-state index in [0.29, 0.717) is 41.6 Å². The lowest BCUT2D eigenvalue weighted by Gasteiger charge is -2.31. The summed E-state index contributed by atoms with van der Waals surface area (Å²) in [6, 6.07) is 11.3. The lowest BCUT2D eigenvalue weighted by atomic mass is 9.99. The van der Waals surface area contributed by atoms with Gasteiger partial charge >= 0.3 is 0 Å². The molecule has 0 aromatic heterocycles.